The minimum Gasteiger partial charge on any atom is -0.472 e. The second kappa shape index (κ2) is 7.97. The van der Waals surface area contributed by atoms with E-state index in [2.05, 4.69) is 5.32 Å². The number of nitrogens with one attached hydrogen (secondary N) is 1. The Labute approximate surface area is 155 Å². The molecule has 1 saturated heterocycles. The third-order valence-corrected chi connectivity index (χ3v) is 5.36. The van der Waals surface area contributed by atoms with E-state index in [9.17, 15) is 9.59 Å². The molecule has 3 rings (SSSR count). The van der Waals surface area contributed by atoms with E-state index in [1.54, 1.807) is 34.9 Å². The van der Waals surface area contributed by atoms with Gasteiger partial charge in [-0.15, -0.1) is 11.8 Å². The lowest BCUT2D eigenvalue weighted by Gasteiger charge is -2.32. The summed E-state index contributed by atoms with van der Waals surface area (Å²) in [6.07, 6.45) is 6.34. The molecule has 0 unspecified atom stereocenters. The number of nitrogens with zero attached hydrogens (tertiary/aromatic N) is 1. The molecule has 7 heteroatoms. The second-order valence-electron chi connectivity index (χ2n) is 5.90. The van der Waals surface area contributed by atoms with Crippen molar-refractivity contribution in [2.24, 2.45) is 0 Å². The minimum atomic E-state index is -0.166. The summed E-state index contributed by atoms with van der Waals surface area (Å²) in [7, 11) is 0. The van der Waals surface area contributed by atoms with Crippen LogP contribution in [-0.2, 0) is 0 Å². The number of amides is 2. The second-order valence-corrected chi connectivity index (χ2v) is 7.18. The SMILES string of the molecule is CSc1ccc(Cl)c(C(=O)NC2CCN(C(=O)c3ccoc3)CC2)c1. The lowest BCUT2D eigenvalue weighted by molar-refractivity contribution is 0.0697. The summed E-state index contributed by atoms with van der Waals surface area (Å²) in [6.45, 7) is 1.21. The average Bonchev–Trinajstić information content (AvgIpc) is 3.17. The summed E-state index contributed by atoms with van der Waals surface area (Å²) in [5.74, 6) is -0.199. The first kappa shape index (κ1) is 17.9. The molecule has 1 fully saturated rings. The van der Waals surface area contributed by atoms with Crippen LogP contribution in [0.5, 0.6) is 0 Å². The quantitative estimate of drug-likeness (QED) is 0.824. The monoisotopic (exact) mass is 378 g/mol. The van der Waals surface area contributed by atoms with Crippen molar-refractivity contribution in [3.05, 3.63) is 52.9 Å². The zero-order valence-corrected chi connectivity index (χ0v) is 15.4. The minimum absolute atomic E-state index is 0.0331. The van der Waals surface area contributed by atoms with Crippen molar-refractivity contribution >= 4 is 35.2 Å². The Bertz CT molecular complexity index is 756. The number of benzene rings is 1. The Kier molecular flexibility index (Phi) is 5.71. The van der Waals surface area contributed by atoms with Gasteiger partial charge in [-0.2, -0.15) is 0 Å². The fraction of sp³-hybridized carbons (Fsp3) is 0.333. The number of likely N-dealkylation sites (tertiary alicyclic amines) is 1. The van der Waals surface area contributed by atoms with Gasteiger partial charge < -0.3 is 14.6 Å². The first-order valence-electron chi connectivity index (χ1n) is 8.04. The van der Waals surface area contributed by atoms with Gasteiger partial charge in [-0.1, -0.05) is 11.6 Å². The highest BCUT2D eigenvalue weighted by molar-refractivity contribution is 7.98. The van der Waals surface area contributed by atoms with E-state index in [0.29, 0.717) is 29.2 Å². The number of furan rings is 1. The molecule has 25 heavy (non-hydrogen) atoms. The van der Waals surface area contributed by atoms with Crippen molar-refractivity contribution in [1.29, 1.82) is 0 Å². The zero-order chi connectivity index (χ0) is 17.8. The van der Waals surface area contributed by atoms with Crippen molar-refractivity contribution in [2.75, 3.05) is 19.3 Å². The Balaban J connectivity index is 1.57. The molecule has 0 bridgehead atoms. The van der Waals surface area contributed by atoms with Crippen LogP contribution in [0.2, 0.25) is 5.02 Å². The molecule has 5 nitrogen and oxygen atoms in total. The van der Waals surface area contributed by atoms with E-state index in [4.69, 9.17) is 16.0 Å². The predicted octanol–water partition coefficient (Wildman–Crippen LogP) is 3.69. The molecule has 1 aromatic carbocycles. The van der Waals surface area contributed by atoms with Gasteiger partial charge in [0.1, 0.15) is 6.26 Å². The maximum Gasteiger partial charge on any atom is 0.257 e. The Morgan fingerprint density at radius 2 is 2.04 bits per heavy atom. The van der Waals surface area contributed by atoms with E-state index in [-0.39, 0.29) is 17.9 Å². The fourth-order valence-electron chi connectivity index (χ4n) is 2.86. The number of hydrogen-bond acceptors (Lipinski definition) is 4. The summed E-state index contributed by atoms with van der Waals surface area (Å²) < 4.78 is 4.96. The molecule has 1 aromatic heterocycles. The van der Waals surface area contributed by atoms with Gasteiger partial charge in [0, 0.05) is 24.0 Å². The zero-order valence-electron chi connectivity index (χ0n) is 13.8. The number of rotatable bonds is 4. The topological polar surface area (TPSA) is 62.6 Å². The maximum absolute atomic E-state index is 12.5. The highest BCUT2D eigenvalue weighted by Gasteiger charge is 2.25. The smallest absolute Gasteiger partial charge is 0.257 e. The number of halogens is 1. The molecule has 1 aliphatic heterocycles. The molecule has 132 valence electrons. The molecule has 0 saturated carbocycles. The molecule has 0 radical (unpaired) electrons. The van der Waals surface area contributed by atoms with E-state index < -0.39 is 0 Å². The number of hydrogen-bond donors (Lipinski definition) is 1. The van der Waals surface area contributed by atoms with E-state index >= 15 is 0 Å². The molecule has 0 spiro atoms. The lowest BCUT2D eigenvalue weighted by Crippen LogP contribution is -2.46. The summed E-state index contributed by atoms with van der Waals surface area (Å²) >= 11 is 7.72. The number of thioether (sulfide) groups is 1. The van der Waals surface area contributed by atoms with Gasteiger partial charge in [-0.3, -0.25) is 9.59 Å². The van der Waals surface area contributed by atoms with Gasteiger partial charge >= 0.3 is 0 Å². The molecule has 2 aromatic rings. The lowest BCUT2D eigenvalue weighted by atomic mass is 10.0. The third kappa shape index (κ3) is 4.19. The van der Waals surface area contributed by atoms with Crippen LogP contribution in [-0.4, -0.2) is 42.1 Å². The summed E-state index contributed by atoms with van der Waals surface area (Å²) in [5.41, 5.74) is 1.05. The van der Waals surface area contributed by atoms with Crippen LogP contribution in [0.1, 0.15) is 33.6 Å². The largest absolute Gasteiger partial charge is 0.472 e. The maximum atomic E-state index is 12.5. The molecule has 2 heterocycles. The van der Waals surface area contributed by atoms with E-state index in [1.807, 2.05) is 12.3 Å². The van der Waals surface area contributed by atoms with Crippen LogP contribution < -0.4 is 5.32 Å². The summed E-state index contributed by atoms with van der Waals surface area (Å²) in [4.78, 5) is 27.6. The van der Waals surface area contributed by atoms with Gasteiger partial charge in [0.2, 0.25) is 0 Å². The standard InChI is InChI=1S/C18H19ClN2O3S/c1-25-14-2-3-16(19)15(10-14)17(22)20-13-4-7-21(8-5-13)18(23)12-6-9-24-11-12/h2-3,6,9-11,13H,4-5,7-8H2,1H3,(H,20,22). The van der Waals surface area contributed by atoms with Crippen molar-refractivity contribution in [3.8, 4) is 0 Å². The van der Waals surface area contributed by atoms with Gasteiger partial charge in [-0.05, 0) is 43.4 Å². The van der Waals surface area contributed by atoms with Crippen LogP contribution in [0.25, 0.3) is 0 Å². The van der Waals surface area contributed by atoms with Crippen molar-refractivity contribution in [3.63, 3.8) is 0 Å². The van der Waals surface area contributed by atoms with Gasteiger partial charge in [0.15, 0.2) is 0 Å². The van der Waals surface area contributed by atoms with Crippen LogP contribution in [0, 0.1) is 0 Å². The summed E-state index contributed by atoms with van der Waals surface area (Å²) in [6, 6.07) is 7.14. The Morgan fingerprint density at radius 3 is 2.68 bits per heavy atom. The highest BCUT2D eigenvalue weighted by Crippen LogP contribution is 2.23. The summed E-state index contributed by atoms with van der Waals surface area (Å²) in [5, 5.41) is 3.48. The first-order chi connectivity index (χ1) is 12.1. The Hall–Kier alpha value is -1.92. The van der Waals surface area contributed by atoms with Crippen molar-refractivity contribution in [1.82, 2.24) is 10.2 Å². The van der Waals surface area contributed by atoms with E-state index in [1.165, 1.54) is 12.5 Å². The van der Waals surface area contributed by atoms with Crippen LogP contribution in [0.4, 0.5) is 0 Å². The predicted molar refractivity (Wildman–Crippen MR) is 98.3 cm³/mol. The first-order valence-corrected chi connectivity index (χ1v) is 9.64. The molecular formula is C18H19ClN2O3S. The molecular weight excluding hydrogens is 360 g/mol. The number of carbonyl (C=O) groups is 2. The van der Waals surface area contributed by atoms with Crippen LogP contribution >= 0.6 is 23.4 Å². The molecule has 0 aliphatic carbocycles. The van der Waals surface area contributed by atoms with Gasteiger partial charge in [0.25, 0.3) is 11.8 Å². The molecule has 1 aliphatic rings. The average molecular weight is 379 g/mol. The number of carbonyl (C=O) groups excluding carboxylic acids is 2. The van der Waals surface area contributed by atoms with Crippen molar-refractivity contribution < 1.29 is 14.0 Å². The van der Waals surface area contributed by atoms with Gasteiger partial charge in [0.05, 0.1) is 22.4 Å². The molecule has 2 amide bonds. The normalized spacial score (nSPS) is 15.2. The van der Waals surface area contributed by atoms with Gasteiger partial charge in [-0.25, -0.2) is 0 Å². The van der Waals surface area contributed by atoms with E-state index in [0.717, 1.165) is 17.7 Å². The number of piperidine rings is 1. The van der Waals surface area contributed by atoms with Crippen molar-refractivity contribution in [2.45, 2.75) is 23.8 Å². The highest BCUT2D eigenvalue weighted by atomic mass is 35.5. The fourth-order valence-corrected chi connectivity index (χ4v) is 3.51. The molecule has 1 N–H and O–H groups in total. The van der Waals surface area contributed by atoms with Crippen LogP contribution in [0.3, 0.4) is 0 Å². The molecule has 0 atom stereocenters. The van der Waals surface area contributed by atoms with Crippen LogP contribution in [0.15, 0.2) is 46.1 Å². The Morgan fingerprint density at radius 1 is 1.28 bits per heavy atom. The third-order valence-electron chi connectivity index (χ3n) is 4.30.